The first kappa shape index (κ1) is 7.25. The van der Waals surface area contributed by atoms with Crippen molar-refractivity contribution < 1.29 is 4.92 Å². The van der Waals surface area contributed by atoms with Crippen LogP contribution in [0.4, 0.5) is 0 Å². The molecule has 1 aliphatic carbocycles. The molecule has 0 aromatic rings. The summed E-state index contributed by atoms with van der Waals surface area (Å²) in [7, 11) is 0. The van der Waals surface area contributed by atoms with Crippen molar-refractivity contribution >= 4 is 0 Å². The molecule has 0 unspecified atom stereocenters. The Morgan fingerprint density at radius 3 is 2.90 bits per heavy atom. The zero-order valence-corrected chi connectivity index (χ0v) is 6.04. The van der Waals surface area contributed by atoms with E-state index in [-0.39, 0.29) is 11.0 Å². The summed E-state index contributed by atoms with van der Waals surface area (Å²) in [4.78, 5) is 10.1. The van der Waals surface area contributed by atoms with Gasteiger partial charge in [-0.2, -0.15) is 0 Å². The zero-order chi connectivity index (χ0) is 7.56. The third kappa shape index (κ3) is 1.56. The molecule has 3 nitrogen and oxygen atoms in total. The zero-order valence-electron chi connectivity index (χ0n) is 6.04. The van der Waals surface area contributed by atoms with Gasteiger partial charge in [0.25, 0.3) is 0 Å². The molecule has 0 aliphatic heterocycles. The van der Waals surface area contributed by atoms with Crippen molar-refractivity contribution in [2.75, 3.05) is 0 Å². The molecule has 0 aromatic heterocycles. The highest BCUT2D eigenvalue weighted by Crippen LogP contribution is 2.18. The van der Waals surface area contributed by atoms with E-state index in [1.54, 1.807) is 0 Å². The molecule has 0 bridgehead atoms. The van der Waals surface area contributed by atoms with Gasteiger partial charge in [-0.25, -0.2) is 0 Å². The fourth-order valence-electron chi connectivity index (χ4n) is 1.14. The van der Waals surface area contributed by atoms with Crippen LogP contribution in [0.25, 0.3) is 0 Å². The Bertz CT molecular complexity index is 174. The maximum atomic E-state index is 10.2. The van der Waals surface area contributed by atoms with Crippen LogP contribution in [0.5, 0.6) is 0 Å². The molecule has 0 aromatic carbocycles. The van der Waals surface area contributed by atoms with Crippen molar-refractivity contribution in [1.82, 2.24) is 0 Å². The van der Waals surface area contributed by atoms with Crippen molar-refractivity contribution in [3.05, 3.63) is 21.8 Å². The normalized spacial score (nSPS) is 25.7. The fraction of sp³-hybridized carbons (Fsp3) is 0.714. The third-order valence-electron chi connectivity index (χ3n) is 1.91. The fourth-order valence-corrected chi connectivity index (χ4v) is 1.14. The van der Waals surface area contributed by atoms with Gasteiger partial charge in [-0.1, -0.05) is 11.6 Å². The monoisotopic (exact) mass is 141 g/mol. The predicted molar refractivity (Wildman–Crippen MR) is 38.4 cm³/mol. The van der Waals surface area contributed by atoms with E-state index in [1.165, 1.54) is 5.57 Å². The van der Waals surface area contributed by atoms with Gasteiger partial charge in [0.1, 0.15) is 0 Å². The maximum absolute atomic E-state index is 10.2. The number of hydrogen-bond donors (Lipinski definition) is 0. The Hall–Kier alpha value is -0.860. The molecule has 0 N–H and O–H groups in total. The first-order valence-electron chi connectivity index (χ1n) is 3.49. The van der Waals surface area contributed by atoms with E-state index in [9.17, 15) is 10.1 Å². The van der Waals surface area contributed by atoms with Gasteiger partial charge in [-0.05, 0) is 13.3 Å². The van der Waals surface area contributed by atoms with Crippen LogP contribution in [0.3, 0.4) is 0 Å². The van der Waals surface area contributed by atoms with Gasteiger partial charge in [0, 0.05) is 17.8 Å². The molecule has 0 saturated heterocycles. The molecule has 1 aliphatic rings. The van der Waals surface area contributed by atoms with Crippen LogP contribution >= 0.6 is 0 Å². The predicted octanol–water partition coefficient (Wildman–Crippen LogP) is 1.76. The molecule has 1 rings (SSSR count). The lowest BCUT2D eigenvalue weighted by molar-refractivity contribution is -0.523. The molecule has 0 radical (unpaired) electrons. The largest absolute Gasteiger partial charge is 0.264 e. The summed E-state index contributed by atoms with van der Waals surface area (Å²) >= 11 is 0. The SMILES string of the molecule is CC1=CC[C@@H]([N+](=O)[O-])CC1. The molecule has 3 heteroatoms. The average Bonchev–Trinajstić information content (AvgIpc) is 1.88. The van der Waals surface area contributed by atoms with Crippen molar-refractivity contribution in [3.8, 4) is 0 Å². The molecular weight excluding hydrogens is 130 g/mol. The summed E-state index contributed by atoms with van der Waals surface area (Å²) in [5.74, 6) is 0. The third-order valence-corrected chi connectivity index (χ3v) is 1.91. The topological polar surface area (TPSA) is 43.1 Å². The highest BCUT2D eigenvalue weighted by atomic mass is 16.6. The Morgan fingerprint density at radius 2 is 2.50 bits per heavy atom. The molecule has 0 fully saturated rings. The van der Waals surface area contributed by atoms with Crippen LogP contribution in [-0.4, -0.2) is 11.0 Å². The lowest BCUT2D eigenvalue weighted by Crippen LogP contribution is -2.20. The number of allylic oxidation sites excluding steroid dienone is 1. The summed E-state index contributed by atoms with van der Waals surface area (Å²) in [6.07, 6.45) is 4.21. The lowest BCUT2D eigenvalue weighted by Gasteiger charge is -2.12. The lowest BCUT2D eigenvalue weighted by atomic mass is 9.97. The molecular formula is C7H11NO2. The van der Waals surface area contributed by atoms with E-state index in [1.807, 2.05) is 13.0 Å². The number of hydrogen-bond acceptors (Lipinski definition) is 2. The Balaban J connectivity index is 2.50. The highest BCUT2D eigenvalue weighted by molar-refractivity contribution is 5.02. The number of nitro groups is 1. The number of nitrogens with zero attached hydrogens (tertiary/aromatic N) is 1. The first-order chi connectivity index (χ1) is 4.70. The second kappa shape index (κ2) is 2.82. The highest BCUT2D eigenvalue weighted by Gasteiger charge is 2.21. The molecule has 0 spiro atoms. The van der Waals surface area contributed by atoms with E-state index in [0.717, 1.165) is 12.8 Å². The van der Waals surface area contributed by atoms with Gasteiger partial charge in [0.2, 0.25) is 6.04 Å². The summed E-state index contributed by atoms with van der Waals surface area (Å²) in [6, 6.07) is -0.316. The van der Waals surface area contributed by atoms with E-state index in [4.69, 9.17) is 0 Å². The quantitative estimate of drug-likeness (QED) is 0.317. The van der Waals surface area contributed by atoms with Gasteiger partial charge >= 0.3 is 0 Å². The molecule has 0 amide bonds. The minimum absolute atomic E-state index is 0.178. The van der Waals surface area contributed by atoms with Crippen LogP contribution in [0.1, 0.15) is 26.2 Å². The molecule has 0 heterocycles. The van der Waals surface area contributed by atoms with Crippen molar-refractivity contribution in [3.63, 3.8) is 0 Å². The van der Waals surface area contributed by atoms with Crippen LogP contribution in [0, 0.1) is 10.1 Å². The second-order valence-electron chi connectivity index (χ2n) is 2.76. The Kier molecular flexibility index (Phi) is 2.04. The van der Waals surface area contributed by atoms with Crippen LogP contribution in [-0.2, 0) is 0 Å². The molecule has 1 atom stereocenters. The van der Waals surface area contributed by atoms with Crippen LogP contribution < -0.4 is 0 Å². The van der Waals surface area contributed by atoms with Gasteiger partial charge < -0.3 is 0 Å². The van der Waals surface area contributed by atoms with E-state index in [0.29, 0.717) is 6.42 Å². The van der Waals surface area contributed by atoms with Gasteiger partial charge in [0.15, 0.2) is 0 Å². The Labute approximate surface area is 59.9 Å². The minimum atomic E-state index is -0.316. The molecule has 10 heavy (non-hydrogen) atoms. The molecule has 0 saturated carbocycles. The summed E-state index contributed by atoms with van der Waals surface area (Å²) in [6.45, 7) is 2.02. The van der Waals surface area contributed by atoms with E-state index < -0.39 is 0 Å². The average molecular weight is 141 g/mol. The standard InChI is InChI=1S/C7H11NO2/c1-6-2-4-7(5-3-6)8(9)10/h2,7H,3-5H2,1H3/t7-/m1/s1. The van der Waals surface area contributed by atoms with Crippen LogP contribution in [0.15, 0.2) is 11.6 Å². The van der Waals surface area contributed by atoms with Gasteiger partial charge in [-0.15, -0.1) is 0 Å². The van der Waals surface area contributed by atoms with Gasteiger partial charge in [-0.3, -0.25) is 10.1 Å². The maximum Gasteiger partial charge on any atom is 0.216 e. The first-order valence-corrected chi connectivity index (χ1v) is 3.49. The van der Waals surface area contributed by atoms with Crippen molar-refractivity contribution in [2.45, 2.75) is 32.2 Å². The van der Waals surface area contributed by atoms with Crippen molar-refractivity contribution in [1.29, 1.82) is 0 Å². The van der Waals surface area contributed by atoms with E-state index in [2.05, 4.69) is 0 Å². The van der Waals surface area contributed by atoms with E-state index >= 15 is 0 Å². The summed E-state index contributed by atoms with van der Waals surface area (Å²) < 4.78 is 0. The van der Waals surface area contributed by atoms with Crippen LogP contribution in [0.2, 0.25) is 0 Å². The van der Waals surface area contributed by atoms with Gasteiger partial charge in [0.05, 0.1) is 0 Å². The van der Waals surface area contributed by atoms with Crippen molar-refractivity contribution in [2.24, 2.45) is 0 Å². The second-order valence-corrected chi connectivity index (χ2v) is 2.76. The minimum Gasteiger partial charge on any atom is -0.264 e. The summed E-state index contributed by atoms with van der Waals surface area (Å²) in [5, 5.41) is 10.2. The Morgan fingerprint density at radius 1 is 1.80 bits per heavy atom. The number of rotatable bonds is 1. The smallest absolute Gasteiger partial charge is 0.216 e. The summed E-state index contributed by atoms with van der Waals surface area (Å²) in [5.41, 5.74) is 1.29. The molecule has 56 valence electrons.